The minimum atomic E-state index is -0.462. The molecule has 1 aromatic heterocycles. The quantitative estimate of drug-likeness (QED) is 0.851. The standard InChI is InChI=1S/C20H26N2O3/c1-19(2,3)12-9-14-15(16(17(12)23)20(4,5)6)18(24)13(10-25-14)22-8-7-21-11-22/h7-9,11,13,23H,10H2,1-6H3. The molecule has 0 amide bonds. The average molecular weight is 342 g/mol. The molecule has 0 saturated heterocycles. The fraction of sp³-hybridized carbons (Fsp3) is 0.500. The van der Waals surface area contributed by atoms with Gasteiger partial charge in [0.1, 0.15) is 24.1 Å². The third-order valence-corrected chi connectivity index (χ3v) is 4.65. The summed E-state index contributed by atoms with van der Waals surface area (Å²) in [7, 11) is 0. The lowest BCUT2D eigenvalue weighted by Crippen LogP contribution is -2.33. The van der Waals surface area contributed by atoms with E-state index in [4.69, 9.17) is 4.74 Å². The van der Waals surface area contributed by atoms with E-state index in [1.807, 2.05) is 47.6 Å². The first-order valence-corrected chi connectivity index (χ1v) is 8.57. The molecule has 5 nitrogen and oxygen atoms in total. The van der Waals surface area contributed by atoms with Crippen LogP contribution >= 0.6 is 0 Å². The van der Waals surface area contributed by atoms with Gasteiger partial charge in [-0.2, -0.15) is 0 Å². The molecule has 2 heterocycles. The van der Waals surface area contributed by atoms with E-state index >= 15 is 0 Å². The fourth-order valence-electron chi connectivity index (χ4n) is 3.39. The predicted molar refractivity (Wildman–Crippen MR) is 96.6 cm³/mol. The molecule has 0 spiro atoms. The Morgan fingerprint density at radius 3 is 2.40 bits per heavy atom. The molecule has 0 bridgehead atoms. The highest BCUT2D eigenvalue weighted by molar-refractivity contribution is 6.05. The summed E-state index contributed by atoms with van der Waals surface area (Å²) < 4.78 is 7.73. The molecule has 25 heavy (non-hydrogen) atoms. The highest BCUT2D eigenvalue weighted by atomic mass is 16.5. The molecular formula is C20H26N2O3. The first-order chi connectivity index (χ1) is 11.5. The Hall–Kier alpha value is -2.30. The molecule has 0 radical (unpaired) electrons. The van der Waals surface area contributed by atoms with E-state index in [0.717, 1.165) is 5.56 Å². The highest BCUT2D eigenvalue weighted by Gasteiger charge is 2.39. The van der Waals surface area contributed by atoms with Crippen LogP contribution in [0.15, 0.2) is 24.8 Å². The second kappa shape index (κ2) is 5.61. The van der Waals surface area contributed by atoms with Crippen LogP contribution in [0.4, 0.5) is 0 Å². The number of phenolic OH excluding ortho intramolecular Hbond substituents is 1. The number of fused-ring (bicyclic) bond motifs is 1. The van der Waals surface area contributed by atoms with Gasteiger partial charge in [-0.05, 0) is 16.9 Å². The van der Waals surface area contributed by atoms with E-state index in [-0.39, 0.29) is 23.6 Å². The van der Waals surface area contributed by atoms with Crippen molar-refractivity contribution < 1.29 is 14.6 Å². The Kier molecular flexibility index (Phi) is 3.93. The van der Waals surface area contributed by atoms with Crippen LogP contribution in [-0.4, -0.2) is 27.0 Å². The van der Waals surface area contributed by atoms with Gasteiger partial charge in [0.25, 0.3) is 0 Å². The Morgan fingerprint density at radius 1 is 1.20 bits per heavy atom. The summed E-state index contributed by atoms with van der Waals surface area (Å²) in [5, 5.41) is 11.0. The Balaban J connectivity index is 2.25. The van der Waals surface area contributed by atoms with Gasteiger partial charge < -0.3 is 14.4 Å². The largest absolute Gasteiger partial charge is 0.507 e. The molecule has 1 N–H and O–H groups in total. The van der Waals surface area contributed by atoms with Gasteiger partial charge in [-0.25, -0.2) is 4.98 Å². The van der Waals surface area contributed by atoms with E-state index in [9.17, 15) is 9.90 Å². The van der Waals surface area contributed by atoms with Gasteiger partial charge in [0.15, 0.2) is 5.78 Å². The van der Waals surface area contributed by atoms with Crippen LogP contribution in [0.5, 0.6) is 11.5 Å². The SMILES string of the molecule is CC(C)(C)c1cc2c(c(C(C)(C)C)c1O)C(=O)C(n1ccnc1)CO2. The topological polar surface area (TPSA) is 64.3 Å². The average Bonchev–Trinajstić information content (AvgIpc) is 2.99. The number of hydrogen-bond donors (Lipinski definition) is 1. The first-order valence-electron chi connectivity index (χ1n) is 8.57. The second-order valence-corrected chi connectivity index (χ2v) is 8.72. The molecular weight excluding hydrogens is 316 g/mol. The fourth-order valence-corrected chi connectivity index (χ4v) is 3.39. The van der Waals surface area contributed by atoms with Crippen molar-refractivity contribution in [2.24, 2.45) is 0 Å². The molecule has 5 heteroatoms. The van der Waals surface area contributed by atoms with Gasteiger partial charge in [-0.3, -0.25) is 4.79 Å². The Morgan fingerprint density at radius 2 is 1.88 bits per heavy atom. The number of imidazole rings is 1. The van der Waals surface area contributed by atoms with Crippen molar-refractivity contribution in [2.75, 3.05) is 6.61 Å². The number of Topliss-reactive ketones (excluding diaryl/α,β-unsaturated/α-hetero) is 1. The highest BCUT2D eigenvalue weighted by Crippen LogP contribution is 2.47. The van der Waals surface area contributed by atoms with E-state index in [1.54, 1.807) is 23.3 Å². The predicted octanol–water partition coefficient (Wildman–Crippen LogP) is 4.00. The van der Waals surface area contributed by atoms with Gasteiger partial charge in [0.2, 0.25) is 0 Å². The number of phenols is 1. The van der Waals surface area contributed by atoms with E-state index < -0.39 is 11.5 Å². The number of ether oxygens (including phenoxy) is 1. The molecule has 3 rings (SSSR count). The first kappa shape index (κ1) is 17.5. The van der Waals surface area contributed by atoms with Crippen molar-refractivity contribution in [2.45, 2.75) is 58.4 Å². The van der Waals surface area contributed by atoms with E-state index in [1.165, 1.54) is 0 Å². The van der Waals surface area contributed by atoms with Crippen LogP contribution in [0, 0.1) is 0 Å². The minimum absolute atomic E-state index is 0.0417. The summed E-state index contributed by atoms with van der Waals surface area (Å²) in [4.78, 5) is 17.3. The van der Waals surface area contributed by atoms with Crippen molar-refractivity contribution in [1.82, 2.24) is 9.55 Å². The van der Waals surface area contributed by atoms with Crippen molar-refractivity contribution in [3.63, 3.8) is 0 Å². The van der Waals surface area contributed by atoms with Gasteiger partial charge in [0.05, 0.1) is 11.9 Å². The van der Waals surface area contributed by atoms with Crippen molar-refractivity contribution >= 4 is 5.78 Å². The molecule has 0 saturated carbocycles. The zero-order valence-electron chi connectivity index (χ0n) is 15.8. The molecule has 1 unspecified atom stereocenters. The molecule has 134 valence electrons. The summed E-state index contributed by atoms with van der Waals surface area (Å²) in [6.07, 6.45) is 5.03. The van der Waals surface area contributed by atoms with Crippen LogP contribution in [-0.2, 0) is 10.8 Å². The number of rotatable bonds is 1. The number of hydrogen-bond acceptors (Lipinski definition) is 4. The van der Waals surface area contributed by atoms with Crippen LogP contribution in [0.1, 0.15) is 69.1 Å². The summed E-state index contributed by atoms with van der Waals surface area (Å²) in [5.41, 5.74) is 1.29. The molecule has 1 aromatic carbocycles. The smallest absolute Gasteiger partial charge is 0.193 e. The lowest BCUT2D eigenvalue weighted by molar-refractivity contribution is 0.0836. The lowest BCUT2D eigenvalue weighted by atomic mass is 9.75. The zero-order valence-corrected chi connectivity index (χ0v) is 15.8. The molecule has 1 atom stereocenters. The lowest BCUT2D eigenvalue weighted by Gasteiger charge is -2.34. The number of carbonyl (C=O) groups is 1. The molecule has 0 fully saturated rings. The van der Waals surface area contributed by atoms with Crippen molar-refractivity contribution in [1.29, 1.82) is 0 Å². The van der Waals surface area contributed by atoms with E-state index in [2.05, 4.69) is 4.98 Å². The zero-order chi connectivity index (χ0) is 18.6. The number of nitrogens with zero attached hydrogens (tertiary/aromatic N) is 2. The number of aromatic hydroxyl groups is 1. The number of carbonyl (C=O) groups excluding carboxylic acids is 1. The summed E-state index contributed by atoms with van der Waals surface area (Å²) >= 11 is 0. The third-order valence-electron chi connectivity index (χ3n) is 4.65. The maximum atomic E-state index is 13.3. The van der Waals surface area contributed by atoms with Crippen LogP contribution < -0.4 is 4.74 Å². The van der Waals surface area contributed by atoms with Crippen molar-refractivity contribution in [3.05, 3.63) is 41.5 Å². The minimum Gasteiger partial charge on any atom is -0.507 e. The second-order valence-electron chi connectivity index (χ2n) is 8.72. The maximum Gasteiger partial charge on any atom is 0.193 e. The Labute approximate surface area is 148 Å². The molecule has 1 aliphatic rings. The van der Waals surface area contributed by atoms with Crippen LogP contribution in [0.2, 0.25) is 0 Å². The van der Waals surface area contributed by atoms with Gasteiger partial charge >= 0.3 is 0 Å². The third kappa shape index (κ3) is 2.92. The van der Waals surface area contributed by atoms with Gasteiger partial charge in [-0.1, -0.05) is 41.5 Å². The summed E-state index contributed by atoms with van der Waals surface area (Å²) in [6, 6.07) is 1.36. The monoisotopic (exact) mass is 342 g/mol. The number of benzene rings is 1. The van der Waals surface area contributed by atoms with Crippen molar-refractivity contribution in [3.8, 4) is 11.5 Å². The van der Waals surface area contributed by atoms with Gasteiger partial charge in [0, 0.05) is 23.5 Å². The van der Waals surface area contributed by atoms with E-state index in [0.29, 0.717) is 16.9 Å². The summed E-state index contributed by atoms with van der Waals surface area (Å²) in [6.45, 7) is 12.4. The molecule has 2 aromatic rings. The number of aromatic nitrogens is 2. The molecule has 1 aliphatic heterocycles. The molecule has 0 aliphatic carbocycles. The van der Waals surface area contributed by atoms with Crippen LogP contribution in [0.3, 0.4) is 0 Å². The summed E-state index contributed by atoms with van der Waals surface area (Å²) in [5.74, 6) is 0.718. The number of ketones is 1. The van der Waals surface area contributed by atoms with Crippen LogP contribution in [0.25, 0.3) is 0 Å². The normalized spacial score (nSPS) is 18.0. The van der Waals surface area contributed by atoms with Gasteiger partial charge in [-0.15, -0.1) is 0 Å². The Bertz CT molecular complexity index is 809. The maximum absolute atomic E-state index is 13.3.